The zero-order valence-electron chi connectivity index (χ0n) is 4.09. The molecule has 1 aliphatic heterocycles. The van der Waals surface area contributed by atoms with E-state index < -0.39 is 6.23 Å². The van der Waals surface area contributed by atoms with Gasteiger partial charge in [-0.1, -0.05) is 6.08 Å². The summed E-state index contributed by atoms with van der Waals surface area (Å²) in [4.78, 5) is 0. The van der Waals surface area contributed by atoms with E-state index in [9.17, 15) is 0 Å². The van der Waals surface area contributed by atoms with Crippen LogP contribution in [0.3, 0.4) is 0 Å². The lowest BCUT2D eigenvalue weighted by molar-refractivity contribution is 0.180. The van der Waals surface area contributed by atoms with E-state index in [1.165, 1.54) is 0 Å². The van der Waals surface area contributed by atoms with Gasteiger partial charge in [0.1, 0.15) is 6.23 Å². The highest BCUT2D eigenvalue weighted by molar-refractivity contribution is 4.91. The molecule has 0 aromatic carbocycles. The second-order valence-corrected chi connectivity index (χ2v) is 1.62. The maximum Gasteiger partial charge on any atom is 0.124 e. The monoisotopic (exact) mass is 99.1 g/mol. The van der Waals surface area contributed by atoms with Crippen LogP contribution in [0.15, 0.2) is 12.2 Å². The van der Waals surface area contributed by atoms with E-state index in [0.717, 1.165) is 13.0 Å². The summed E-state index contributed by atoms with van der Waals surface area (Å²) in [6.45, 7) is 0.900. The quantitative estimate of drug-likeness (QED) is 0.414. The maximum absolute atomic E-state index is 8.71. The Kier molecular flexibility index (Phi) is 1.44. The molecule has 0 bridgehead atoms. The summed E-state index contributed by atoms with van der Waals surface area (Å²) in [6, 6.07) is 0. The van der Waals surface area contributed by atoms with Crippen molar-refractivity contribution in [2.45, 2.75) is 12.6 Å². The van der Waals surface area contributed by atoms with Crippen molar-refractivity contribution in [1.29, 1.82) is 0 Å². The van der Waals surface area contributed by atoms with Crippen molar-refractivity contribution in [2.75, 3.05) is 6.54 Å². The smallest absolute Gasteiger partial charge is 0.124 e. The normalized spacial score (nSPS) is 30.7. The molecule has 0 amide bonds. The Morgan fingerprint density at radius 1 is 1.71 bits per heavy atom. The molecule has 2 heteroatoms. The SMILES string of the molecule is OC1C=CCCN1. The van der Waals surface area contributed by atoms with Gasteiger partial charge in [-0.2, -0.15) is 0 Å². The lowest BCUT2D eigenvalue weighted by Gasteiger charge is -2.10. The number of hydrogen-bond donors (Lipinski definition) is 2. The van der Waals surface area contributed by atoms with Crippen molar-refractivity contribution in [1.82, 2.24) is 5.32 Å². The molecule has 40 valence electrons. The first-order chi connectivity index (χ1) is 3.39. The lowest BCUT2D eigenvalue weighted by Crippen LogP contribution is -2.29. The molecule has 0 aliphatic carbocycles. The van der Waals surface area contributed by atoms with E-state index >= 15 is 0 Å². The minimum absolute atomic E-state index is 0.395. The van der Waals surface area contributed by atoms with Crippen LogP contribution in [-0.4, -0.2) is 17.9 Å². The molecule has 0 radical (unpaired) electrons. The average Bonchev–Trinajstić information content (AvgIpc) is 1.69. The summed E-state index contributed by atoms with van der Waals surface area (Å²) in [5.41, 5.74) is 0. The van der Waals surface area contributed by atoms with Gasteiger partial charge in [-0.3, -0.25) is 5.32 Å². The first-order valence-corrected chi connectivity index (χ1v) is 2.48. The number of hydrogen-bond acceptors (Lipinski definition) is 2. The standard InChI is InChI=1S/C5H9NO/c7-5-3-1-2-4-6-5/h1,3,5-7H,2,4H2. The van der Waals surface area contributed by atoms with Gasteiger partial charge in [0.05, 0.1) is 0 Å². The van der Waals surface area contributed by atoms with Gasteiger partial charge in [0.25, 0.3) is 0 Å². The molecular weight excluding hydrogens is 90.1 g/mol. The summed E-state index contributed by atoms with van der Waals surface area (Å²) in [6.07, 6.45) is 4.37. The molecule has 1 rings (SSSR count). The Balaban J connectivity index is 2.36. The molecule has 2 N–H and O–H groups in total. The largest absolute Gasteiger partial charge is 0.375 e. The number of nitrogens with one attached hydrogen (secondary N) is 1. The molecule has 2 nitrogen and oxygen atoms in total. The molecule has 7 heavy (non-hydrogen) atoms. The maximum atomic E-state index is 8.71. The van der Waals surface area contributed by atoms with E-state index in [4.69, 9.17) is 5.11 Å². The zero-order valence-corrected chi connectivity index (χ0v) is 4.09. The molecule has 0 fully saturated rings. The molecule has 1 unspecified atom stereocenters. The van der Waals surface area contributed by atoms with Gasteiger partial charge in [-0.15, -0.1) is 0 Å². The van der Waals surface area contributed by atoms with Crippen LogP contribution in [0.2, 0.25) is 0 Å². The molecule has 1 atom stereocenters. The van der Waals surface area contributed by atoms with Gasteiger partial charge >= 0.3 is 0 Å². The van der Waals surface area contributed by atoms with Gasteiger partial charge in [0.2, 0.25) is 0 Å². The van der Waals surface area contributed by atoms with Crippen LogP contribution in [0.25, 0.3) is 0 Å². The summed E-state index contributed by atoms with van der Waals surface area (Å²) < 4.78 is 0. The Labute approximate surface area is 42.8 Å². The van der Waals surface area contributed by atoms with Crippen molar-refractivity contribution in [3.05, 3.63) is 12.2 Å². The van der Waals surface area contributed by atoms with Gasteiger partial charge in [-0.05, 0) is 12.5 Å². The van der Waals surface area contributed by atoms with E-state index in [-0.39, 0.29) is 0 Å². The van der Waals surface area contributed by atoms with Gasteiger partial charge in [0.15, 0.2) is 0 Å². The Morgan fingerprint density at radius 3 is 2.86 bits per heavy atom. The summed E-state index contributed by atoms with van der Waals surface area (Å²) in [5.74, 6) is 0. The van der Waals surface area contributed by atoms with Gasteiger partial charge < -0.3 is 5.11 Å². The van der Waals surface area contributed by atoms with Crippen LogP contribution >= 0.6 is 0 Å². The third-order valence-corrected chi connectivity index (χ3v) is 0.983. The van der Waals surface area contributed by atoms with E-state index in [1.54, 1.807) is 6.08 Å². The lowest BCUT2D eigenvalue weighted by atomic mass is 10.3. The first-order valence-electron chi connectivity index (χ1n) is 2.48. The van der Waals surface area contributed by atoms with Gasteiger partial charge in [-0.25, -0.2) is 0 Å². The predicted octanol–water partition coefficient (Wildman–Crippen LogP) is -0.146. The average molecular weight is 99.1 g/mol. The number of aliphatic hydroxyl groups is 1. The van der Waals surface area contributed by atoms with Crippen LogP contribution in [0.5, 0.6) is 0 Å². The second-order valence-electron chi connectivity index (χ2n) is 1.62. The van der Waals surface area contributed by atoms with Crippen molar-refractivity contribution < 1.29 is 5.11 Å². The summed E-state index contributed by atoms with van der Waals surface area (Å²) in [5, 5.41) is 11.6. The van der Waals surface area contributed by atoms with Crippen LogP contribution < -0.4 is 5.32 Å². The molecule has 0 aromatic heterocycles. The zero-order chi connectivity index (χ0) is 5.11. The molecular formula is C5H9NO. The fourth-order valence-electron chi connectivity index (χ4n) is 0.608. The van der Waals surface area contributed by atoms with Crippen LogP contribution in [0.4, 0.5) is 0 Å². The summed E-state index contributed by atoms with van der Waals surface area (Å²) in [7, 11) is 0. The topological polar surface area (TPSA) is 32.3 Å². The Morgan fingerprint density at radius 2 is 2.57 bits per heavy atom. The minimum Gasteiger partial charge on any atom is -0.375 e. The highest BCUT2D eigenvalue weighted by Gasteiger charge is 1.98. The van der Waals surface area contributed by atoms with E-state index in [1.807, 2.05) is 6.08 Å². The first kappa shape index (κ1) is 4.81. The Bertz CT molecular complexity index is 80.1. The number of rotatable bonds is 0. The van der Waals surface area contributed by atoms with E-state index in [2.05, 4.69) is 5.32 Å². The molecule has 0 aromatic rings. The third-order valence-electron chi connectivity index (χ3n) is 0.983. The molecule has 0 saturated heterocycles. The molecule has 1 aliphatic rings. The third kappa shape index (κ3) is 1.29. The predicted molar refractivity (Wildman–Crippen MR) is 27.8 cm³/mol. The highest BCUT2D eigenvalue weighted by Crippen LogP contribution is 1.91. The van der Waals surface area contributed by atoms with Crippen LogP contribution in [0.1, 0.15) is 6.42 Å². The fourth-order valence-corrected chi connectivity index (χ4v) is 0.608. The van der Waals surface area contributed by atoms with Crippen LogP contribution in [0, 0.1) is 0 Å². The van der Waals surface area contributed by atoms with E-state index in [0.29, 0.717) is 0 Å². The van der Waals surface area contributed by atoms with Crippen molar-refractivity contribution in [3.8, 4) is 0 Å². The van der Waals surface area contributed by atoms with Crippen molar-refractivity contribution >= 4 is 0 Å². The fraction of sp³-hybridized carbons (Fsp3) is 0.600. The van der Waals surface area contributed by atoms with Crippen LogP contribution in [-0.2, 0) is 0 Å². The number of aliphatic hydroxyl groups excluding tert-OH is 1. The Hall–Kier alpha value is -0.340. The van der Waals surface area contributed by atoms with Crippen molar-refractivity contribution in [2.24, 2.45) is 0 Å². The summed E-state index contributed by atoms with van der Waals surface area (Å²) >= 11 is 0. The molecule has 0 saturated carbocycles. The molecule has 0 spiro atoms. The second kappa shape index (κ2) is 2.09. The van der Waals surface area contributed by atoms with Gasteiger partial charge in [0, 0.05) is 6.54 Å². The molecule has 1 heterocycles. The minimum atomic E-state index is -0.395. The highest BCUT2D eigenvalue weighted by atomic mass is 16.3. The van der Waals surface area contributed by atoms with Crippen molar-refractivity contribution in [3.63, 3.8) is 0 Å².